The number of aromatic nitrogens is 1. The zero-order valence-electron chi connectivity index (χ0n) is 9.88. The van der Waals surface area contributed by atoms with Crippen LogP contribution < -0.4 is 0 Å². The highest BCUT2D eigenvalue weighted by atomic mass is 31.2. The van der Waals surface area contributed by atoms with Gasteiger partial charge in [0.1, 0.15) is 0 Å². The van der Waals surface area contributed by atoms with Crippen LogP contribution in [0.2, 0.25) is 0 Å². The summed E-state index contributed by atoms with van der Waals surface area (Å²) in [6, 6.07) is 3.41. The van der Waals surface area contributed by atoms with Crippen molar-refractivity contribution in [3.05, 3.63) is 23.9 Å². The molecule has 16 heavy (non-hydrogen) atoms. The summed E-state index contributed by atoms with van der Waals surface area (Å²) in [5, 5.41) is 9.25. The molecule has 1 aromatic rings. The van der Waals surface area contributed by atoms with Crippen molar-refractivity contribution in [3.63, 3.8) is 0 Å². The molecule has 0 radical (unpaired) electrons. The van der Waals surface area contributed by atoms with Crippen molar-refractivity contribution in [1.29, 1.82) is 0 Å². The quantitative estimate of drug-likeness (QED) is 0.808. The second-order valence-corrected chi connectivity index (χ2v) is 6.61. The average Bonchev–Trinajstić information content (AvgIpc) is 2.16. The van der Waals surface area contributed by atoms with Gasteiger partial charge in [-0.2, -0.15) is 0 Å². The van der Waals surface area contributed by atoms with E-state index in [0.29, 0.717) is 12.8 Å². The van der Waals surface area contributed by atoms with Crippen LogP contribution in [0.3, 0.4) is 0 Å². The van der Waals surface area contributed by atoms with E-state index in [-0.39, 0.29) is 11.8 Å². The standard InChI is InChI=1S/C11H18NO3P/c1-4-15-16(3,14)8-9(2)10-5-6-12-11(13)7-10/h5-7,9H,4,8H2,1-3H3,(H,12,13)/t9-,16?/m0/s1. The Morgan fingerprint density at radius 1 is 1.62 bits per heavy atom. The van der Waals surface area contributed by atoms with Crippen molar-refractivity contribution in [2.24, 2.45) is 0 Å². The molecule has 0 aliphatic heterocycles. The van der Waals surface area contributed by atoms with E-state index < -0.39 is 7.37 Å². The van der Waals surface area contributed by atoms with Gasteiger partial charge in [-0.15, -0.1) is 0 Å². The van der Waals surface area contributed by atoms with E-state index >= 15 is 0 Å². The Bertz CT molecular complexity index is 395. The van der Waals surface area contributed by atoms with Gasteiger partial charge in [-0.25, -0.2) is 4.98 Å². The monoisotopic (exact) mass is 243 g/mol. The van der Waals surface area contributed by atoms with E-state index in [1.807, 2.05) is 19.9 Å². The Kier molecular flexibility index (Phi) is 4.51. The minimum atomic E-state index is -2.53. The number of pyridine rings is 1. The Morgan fingerprint density at radius 2 is 2.31 bits per heavy atom. The molecule has 0 spiro atoms. The molecule has 0 aromatic carbocycles. The topological polar surface area (TPSA) is 59.4 Å². The maximum atomic E-state index is 12.0. The van der Waals surface area contributed by atoms with Gasteiger partial charge in [-0.3, -0.25) is 4.57 Å². The molecular formula is C11H18NO3P. The number of hydrogen-bond acceptors (Lipinski definition) is 4. The fourth-order valence-corrected chi connectivity index (χ4v) is 3.53. The summed E-state index contributed by atoms with van der Waals surface area (Å²) in [6.07, 6.45) is 2.02. The van der Waals surface area contributed by atoms with Gasteiger partial charge in [0, 0.05) is 25.1 Å². The maximum Gasteiger partial charge on any atom is 0.210 e. The number of rotatable bonds is 5. The van der Waals surface area contributed by atoms with Crippen molar-refractivity contribution < 1.29 is 14.2 Å². The Morgan fingerprint density at radius 3 is 2.88 bits per heavy atom. The Balaban J connectivity index is 2.72. The second-order valence-electron chi connectivity index (χ2n) is 3.96. The van der Waals surface area contributed by atoms with Crippen LogP contribution >= 0.6 is 7.37 Å². The Hall–Kier alpha value is -0.860. The fourth-order valence-electron chi connectivity index (χ4n) is 1.67. The first kappa shape index (κ1) is 13.2. The van der Waals surface area contributed by atoms with Crippen molar-refractivity contribution >= 4 is 7.37 Å². The molecule has 5 heteroatoms. The smallest absolute Gasteiger partial charge is 0.210 e. The van der Waals surface area contributed by atoms with Crippen LogP contribution in [0, 0.1) is 0 Å². The molecule has 1 aromatic heterocycles. The molecule has 0 aliphatic rings. The largest absolute Gasteiger partial charge is 0.493 e. The van der Waals surface area contributed by atoms with Crippen LogP contribution in [0.15, 0.2) is 18.3 Å². The van der Waals surface area contributed by atoms with Gasteiger partial charge in [-0.1, -0.05) is 6.92 Å². The van der Waals surface area contributed by atoms with Crippen LogP contribution in [0.4, 0.5) is 0 Å². The zero-order valence-corrected chi connectivity index (χ0v) is 10.8. The lowest BCUT2D eigenvalue weighted by Crippen LogP contribution is -2.03. The normalized spacial score (nSPS) is 16.7. The highest BCUT2D eigenvalue weighted by Gasteiger charge is 2.20. The van der Waals surface area contributed by atoms with Crippen LogP contribution in [0.5, 0.6) is 5.88 Å². The average molecular weight is 243 g/mol. The SMILES string of the molecule is CCOP(C)(=O)C[C@H](C)c1ccnc(O)c1. The molecule has 0 saturated carbocycles. The minimum Gasteiger partial charge on any atom is -0.493 e. The molecule has 0 aliphatic carbocycles. The molecule has 90 valence electrons. The number of hydrogen-bond donors (Lipinski definition) is 1. The summed E-state index contributed by atoms with van der Waals surface area (Å²) in [7, 11) is -2.53. The fraction of sp³-hybridized carbons (Fsp3) is 0.545. The molecule has 0 saturated heterocycles. The van der Waals surface area contributed by atoms with Gasteiger partial charge in [-0.05, 0) is 24.5 Å². The summed E-state index contributed by atoms with van der Waals surface area (Å²) in [6.45, 7) is 5.90. The predicted octanol–water partition coefficient (Wildman–Crippen LogP) is 2.84. The predicted molar refractivity (Wildman–Crippen MR) is 64.3 cm³/mol. The third-order valence-corrected chi connectivity index (χ3v) is 4.36. The van der Waals surface area contributed by atoms with Crippen molar-refractivity contribution in [2.45, 2.75) is 19.8 Å². The van der Waals surface area contributed by atoms with Crippen LogP contribution in [-0.2, 0) is 9.09 Å². The van der Waals surface area contributed by atoms with Crippen molar-refractivity contribution in [1.82, 2.24) is 4.98 Å². The van der Waals surface area contributed by atoms with E-state index in [4.69, 9.17) is 4.52 Å². The summed E-state index contributed by atoms with van der Waals surface area (Å²) in [5.41, 5.74) is 0.925. The number of aromatic hydroxyl groups is 1. The first-order chi connectivity index (χ1) is 7.44. The van der Waals surface area contributed by atoms with Crippen molar-refractivity contribution in [2.75, 3.05) is 19.4 Å². The summed E-state index contributed by atoms with van der Waals surface area (Å²) < 4.78 is 17.2. The molecule has 0 amide bonds. The van der Waals surface area contributed by atoms with Gasteiger partial charge in [0.05, 0.1) is 6.61 Å². The highest BCUT2D eigenvalue weighted by Crippen LogP contribution is 2.46. The summed E-state index contributed by atoms with van der Waals surface area (Å²) in [5.74, 6) is 0.0722. The summed E-state index contributed by atoms with van der Waals surface area (Å²) >= 11 is 0. The first-order valence-electron chi connectivity index (χ1n) is 5.30. The molecule has 4 nitrogen and oxygen atoms in total. The zero-order chi connectivity index (χ0) is 12.2. The minimum absolute atomic E-state index is 0.00769. The Labute approximate surface area is 96.1 Å². The highest BCUT2D eigenvalue weighted by molar-refractivity contribution is 7.58. The van der Waals surface area contributed by atoms with Gasteiger partial charge in [0.25, 0.3) is 0 Å². The molecule has 0 fully saturated rings. The molecule has 2 atom stereocenters. The van der Waals surface area contributed by atoms with Crippen LogP contribution in [-0.4, -0.2) is 29.5 Å². The maximum absolute atomic E-state index is 12.0. The number of nitrogens with zero attached hydrogens (tertiary/aromatic N) is 1. The van der Waals surface area contributed by atoms with E-state index in [2.05, 4.69) is 4.98 Å². The van der Waals surface area contributed by atoms with E-state index in [1.54, 1.807) is 18.9 Å². The third kappa shape index (κ3) is 3.95. The lowest BCUT2D eigenvalue weighted by Gasteiger charge is -2.18. The van der Waals surface area contributed by atoms with Crippen molar-refractivity contribution in [3.8, 4) is 5.88 Å². The molecule has 1 rings (SSSR count). The van der Waals surface area contributed by atoms with Gasteiger partial charge in [0.2, 0.25) is 13.2 Å². The van der Waals surface area contributed by atoms with Crippen LogP contribution in [0.1, 0.15) is 25.3 Å². The van der Waals surface area contributed by atoms with E-state index in [1.165, 1.54) is 0 Å². The van der Waals surface area contributed by atoms with Gasteiger partial charge >= 0.3 is 0 Å². The molecular weight excluding hydrogens is 225 g/mol. The summed E-state index contributed by atoms with van der Waals surface area (Å²) in [4.78, 5) is 3.71. The molecule has 1 unspecified atom stereocenters. The molecule has 1 N–H and O–H groups in total. The first-order valence-corrected chi connectivity index (χ1v) is 7.56. The third-order valence-electron chi connectivity index (χ3n) is 2.35. The lowest BCUT2D eigenvalue weighted by molar-refractivity contribution is 0.335. The molecule has 0 bridgehead atoms. The van der Waals surface area contributed by atoms with Gasteiger partial charge in [0.15, 0.2) is 0 Å². The van der Waals surface area contributed by atoms with E-state index in [9.17, 15) is 9.67 Å². The second kappa shape index (κ2) is 5.46. The molecule has 1 heterocycles. The van der Waals surface area contributed by atoms with Crippen LogP contribution in [0.25, 0.3) is 0 Å². The lowest BCUT2D eigenvalue weighted by atomic mass is 10.1. The van der Waals surface area contributed by atoms with Gasteiger partial charge < -0.3 is 9.63 Å². The van der Waals surface area contributed by atoms with E-state index in [0.717, 1.165) is 5.56 Å².